The molecule has 11 heteroatoms. The van der Waals surface area contributed by atoms with Gasteiger partial charge in [0.05, 0.1) is 19.3 Å². The number of aliphatic hydroxyl groups is 10. The van der Waals surface area contributed by atoms with Gasteiger partial charge in [0.2, 0.25) is 0 Å². The van der Waals surface area contributed by atoms with Crippen molar-refractivity contribution in [3.63, 3.8) is 0 Å². The van der Waals surface area contributed by atoms with Crippen molar-refractivity contribution in [1.82, 2.24) is 0 Å². The fourth-order valence-corrected chi connectivity index (χ4v) is 2.42. The molecule has 0 bridgehead atoms. The van der Waals surface area contributed by atoms with Crippen molar-refractivity contribution in [2.24, 2.45) is 5.41 Å². The summed E-state index contributed by atoms with van der Waals surface area (Å²) < 4.78 is 4.92. The molecule has 0 aliphatic carbocycles. The molecule has 0 saturated carbocycles. The topological polar surface area (TPSA) is 212 Å². The Kier molecular flexibility index (Phi) is 11.3. The first-order valence-corrected chi connectivity index (χ1v) is 8.58. The Morgan fingerprint density at radius 3 is 1.52 bits per heavy atom. The molecule has 1 unspecified atom stereocenters. The molecular formula is C16H34O11. The smallest absolute Gasteiger partial charge is 0.184 e. The van der Waals surface area contributed by atoms with E-state index in [4.69, 9.17) is 14.9 Å². The van der Waals surface area contributed by atoms with Crippen LogP contribution in [-0.4, -0.2) is 119 Å². The van der Waals surface area contributed by atoms with Crippen LogP contribution in [0.25, 0.3) is 0 Å². The van der Waals surface area contributed by atoms with E-state index in [1.807, 2.05) is 0 Å². The highest BCUT2D eigenvalue weighted by Gasteiger charge is 2.40. The third-order valence-corrected chi connectivity index (χ3v) is 3.99. The molecule has 9 atom stereocenters. The quantitative estimate of drug-likeness (QED) is 0.141. The van der Waals surface area contributed by atoms with Gasteiger partial charge in [0.1, 0.15) is 42.7 Å². The molecule has 0 rings (SSSR count). The molecule has 27 heavy (non-hydrogen) atoms. The summed E-state index contributed by atoms with van der Waals surface area (Å²) in [6.07, 6.45) is -17.1. The lowest BCUT2D eigenvalue weighted by Crippen LogP contribution is -2.55. The van der Waals surface area contributed by atoms with E-state index in [0.717, 1.165) is 0 Å². The molecule has 0 aromatic rings. The van der Waals surface area contributed by atoms with Gasteiger partial charge in [0.15, 0.2) is 6.29 Å². The zero-order valence-electron chi connectivity index (χ0n) is 15.7. The molecule has 0 spiro atoms. The van der Waals surface area contributed by atoms with Gasteiger partial charge in [-0.15, -0.1) is 0 Å². The summed E-state index contributed by atoms with van der Waals surface area (Å²) in [7, 11) is 0. The fourth-order valence-electron chi connectivity index (χ4n) is 2.42. The zero-order valence-corrected chi connectivity index (χ0v) is 15.7. The number of rotatable bonds is 12. The summed E-state index contributed by atoms with van der Waals surface area (Å²) in [6, 6.07) is 0. The minimum absolute atomic E-state index is 0.0782. The minimum Gasteiger partial charge on any atom is -0.394 e. The van der Waals surface area contributed by atoms with E-state index >= 15 is 0 Å². The number of hydrogen-bond acceptors (Lipinski definition) is 11. The number of aliphatic hydroxyl groups excluding tert-OH is 10. The first-order chi connectivity index (χ1) is 12.3. The highest BCUT2D eigenvalue weighted by Crippen LogP contribution is 2.25. The molecule has 0 saturated heterocycles. The summed E-state index contributed by atoms with van der Waals surface area (Å²) in [6.45, 7) is 3.52. The second-order valence-corrected chi connectivity index (χ2v) is 7.79. The normalized spacial score (nSPS) is 23.0. The van der Waals surface area contributed by atoms with Crippen molar-refractivity contribution < 1.29 is 55.8 Å². The highest BCUT2D eigenvalue weighted by molar-refractivity contribution is 4.87. The second-order valence-electron chi connectivity index (χ2n) is 7.79. The van der Waals surface area contributed by atoms with Crippen LogP contribution < -0.4 is 0 Å². The van der Waals surface area contributed by atoms with Crippen LogP contribution in [0.4, 0.5) is 0 Å². The van der Waals surface area contributed by atoms with E-state index in [1.165, 1.54) is 0 Å². The third kappa shape index (κ3) is 8.62. The van der Waals surface area contributed by atoms with Crippen molar-refractivity contribution in [2.45, 2.75) is 82.3 Å². The Hall–Kier alpha value is -0.440. The van der Waals surface area contributed by atoms with Gasteiger partial charge in [-0.1, -0.05) is 20.8 Å². The Labute approximate surface area is 157 Å². The van der Waals surface area contributed by atoms with Gasteiger partial charge >= 0.3 is 0 Å². The molecule has 0 aliphatic rings. The van der Waals surface area contributed by atoms with Gasteiger partial charge in [0, 0.05) is 0 Å². The molecule has 0 aromatic heterocycles. The maximum Gasteiger partial charge on any atom is 0.184 e. The fraction of sp³-hybridized carbons (Fsp3) is 1.00. The lowest BCUT2D eigenvalue weighted by Gasteiger charge is -2.35. The average molecular weight is 402 g/mol. The lowest BCUT2D eigenvalue weighted by atomic mass is 9.86. The summed E-state index contributed by atoms with van der Waals surface area (Å²) in [4.78, 5) is 0. The minimum atomic E-state index is -2.27. The van der Waals surface area contributed by atoms with Gasteiger partial charge < -0.3 is 55.8 Å². The van der Waals surface area contributed by atoms with Gasteiger partial charge in [-0.3, -0.25) is 0 Å². The van der Waals surface area contributed by atoms with Crippen molar-refractivity contribution in [1.29, 1.82) is 0 Å². The van der Waals surface area contributed by atoms with E-state index in [2.05, 4.69) is 0 Å². The molecule has 0 aromatic carbocycles. The SMILES string of the molecule is CC(C)(C)C[C@H](O)[C@@H](O)C(O[C@@H](O)[C@H](O)[C@@H](O)[C@@H](O)[C@H](O)CO)[C@H](O)CO. The summed E-state index contributed by atoms with van der Waals surface area (Å²) >= 11 is 0. The molecule has 10 N–H and O–H groups in total. The summed E-state index contributed by atoms with van der Waals surface area (Å²) in [5.74, 6) is 0. The summed E-state index contributed by atoms with van der Waals surface area (Å²) in [5.41, 5.74) is -0.409. The van der Waals surface area contributed by atoms with Crippen LogP contribution in [0.2, 0.25) is 0 Å². The van der Waals surface area contributed by atoms with Crippen LogP contribution in [-0.2, 0) is 4.74 Å². The monoisotopic (exact) mass is 402 g/mol. The van der Waals surface area contributed by atoms with E-state index < -0.39 is 73.8 Å². The van der Waals surface area contributed by atoms with E-state index in [0.29, 0.717) is 0 Å². The Morgan fingerprint density at radius 2 is 1.11 bits per heavy atom. The Bertz CT molecular complexity index is 402. The van der Waals surface area contributed by atoms with Gasteiger partial charge in [0.25, 0.3) is 0 Å². The third-order valence-electron chi connectivity index (χ3n) is 3.99. The van der Waals surface area contributed by atoms with Gasteiger partial charge in [-0.25, -0.2) is 0 Å². The maximum atomic E-state index is 10.2. The van der Waals surface area contributed by atoms with Crippen LogP contribution >= 0.6 is 0 Å². The van der Waals surface area contributed by atoms with Crippen LogP contribution in [0, 0.1) is 5.41 Å². The number of ether oxygens (including phenoxy) is 1. The van der Waals surface area contributed by atoms with Crippen LogP contribution in [0.5, 0.6) is 0 Å². The molecular weight excluding hydrogens is 368 g/mol. The van der Waals surface area contributed by atoms with Crippen LogP contribution in [0.3, 0.4) is 0 Å². The van der Waals surface area contributed by atoms with Crippen molar-refractivity contribution in [3.05, 3.63) is 0 Å². The molecule has 11 nitrogen and oxygen atoms in total. The number of hydrogen-bond donors (Lipinski definition) is 10. The molecule has 0 fully saturated rings. The molecule has 0 amide bonds. The second kappa shape index (κ2) is 11.5. The summed E-state index contributed by atoms with van der Waals surface area (Å²) in [5, 5.41) is 96.3. The van der Waals surface area contributed by atoms with Gasteiger partial charge in [-0.2, -0.15) is 0 Å². The maximum absolute atomic E-state index is 10.2. The molecule has 164 valence electrons. The highest BCUT2D eigenvalue weighted by atomic mass is 16.6. The molecule has 0 aliphatic heterocycles. The Morgan fingerprint density at radius 1 is 0.630 bits per heavy atom. The molecule has 0 radical (unpaired) electrons. The van der Waals surface area contributed by atoms with Crippen molar-refractivity contribution in [2.75, 3.05) is 13.2 Å². The van der Waals surface area contributed by atoms with E-state index in [1.54, 1.807) is 20.8 Å². The Balaban J connectivity index is 5.17. The first-order valence-electron chi connectivity index (χ1n) is 8.58. The standard InChI is InChI=1S/C16H34O11/c1-16(2,3)4-7(19)11(23)14(9(21)6-18)27-15(26)13(25)12(24)10(22)8(20)5-17/h7-15,17-26H,4-6H2,1-3H3/t7-,8+,9+,10-,11+,12-,13+,14?,15+/m0/s1. The lowest BCUT2D eigenvalue weighted by molar-refractivity contribution is -0.261. The average Bonchev–Trinajstić information content (AvgIpc) is 2.60. The van der Waals surface area contributed by atoms with E-state index in [9.17, 15) is 40.9 Å². The predicted molar refractivity (Wildman–Crippen MR) is 91.2 cm³/mol. The van der Waals surface area contributed by atoms with Crippen LogP contribution in [0.15, 0.2) is 0 Å². The zero-order chi connectivity index (χ0) is 21.5. The van der Waals surface area contributed by atoms with Crippen LogP contribution in [0.1, 0.15) is 27.2 Å². The van der Waals surface area contributed by atoms with E-state index in [-0.39, 0.29) is 6.42 Å². The largest absolute Gasteiger partial charge is 0.394 e. The van der Waals surface area contributed by atoms with Gasteiger partial charge in [-0.05, 0) is 11.8 Å². The first kappa shape index (κ1) is 26.6. The van der Waals surface area contributed by atoms with Crippen molar-refractivity contribution in [3.8, 4) is 0 Å². The predicted octanol–water partition coefficient (Wildman–Crippen LogP) is -4.36. The molecule has 0 heterocycles. The van der Waals surface area contributed by atoms with Crippen molar-refractivity contribution >= 4 is 0 Å².